The van der Waals surface area contributed by atoms with Crippen molar-refractivity contribution in [2.45, 2.75) is 74.3 Å². The minimum absolute atomic E-state index is 0.0418. The molecule has 5 rings (SSSR count). The minimum atomic E-state index is -1.72. The third-order valence-corrected chi connectivity index (χ3v) is 8.59. The molecule has 2 heterocycles. The Kier molecular flexibility index (Phi) is 9.74. The van der Waals surface area contributed by atoms with Crippen LogP contribution in [0.4, 0.5) is 0 Å². The number of ether oxygens (including phenoxy) is 5. The predicted molar refractivity (Wildman–Crippen MR) is 151 cm³/mol. The van der Waals surface area contributed by atoms with Gasteiger partial charge in [-0.25, -0.2) is 0 Å². The van der Waals surface area contributed by atoms with Gasteiger partial charge in [-0.3, -0.25) is 9.00 Å². The van der Waals surface area contributed by atoms with Gasteiger partial charge in [0.1, 0.15) is 24.1 Å². The molecule has 0 aromatic heterocycles. The minimum Gasteiger partial charge on any atom is -0.456 e. The highest BCUT2D eigenvalue weighted by molar-refractivity contribution is 7.85. The molecule has 0 saturated carbocycles. The number of esters is 1. The van der Waals surface area contributed by atoms with Crippen molar-refractivity contribution >= 4 is 22.6 Å². The number of ketones is 1. The molecule has 0 bridgehead atoms. The third-order valence-electron chi connectivity index (χ3n) is 7.05. The van der Waals surface area contributed by atoms with Gasteiger partial charge in [-0.05, 0) is 31.5 Å². The van der Waals surface area contributed by atoms with Crippen molar-refractivity contribution in [2.75, 3.05) is 6.61 Å². The largest absolute Gasteiger partial charge is 0.456 e. The number of hydrogen-bond donors (Lipinski definition) is 0. The highest BCUT2D eigenvalue weighted by Crippen LogP contribution is 2.38. The third kappa shape index (κ3) is 7.36. The Hall–Kier alpha value is -3.21. The highest BCUT2D eigenvalue weighted by atomic mass is 32.2. The molecule has 1 unspecified atom stereocenters. The summed E-state index contributed by atoms with van der Waals surface area (Å²) >= 11 is 0. The lowest BCUT2D eigenvalue weighted by Crippen LogP contribution is -2.64. The molecular weight excluding hydrogens is 544 g/mol. The van der Waals surface area contributed by atoms with Crippen LogP contribution in [0.2, 0.25) is 0 Å². The molecule has 7 atom stereocenters. The summed E-state index contributed by atoms with van der Waals surface area (Å²) in [6.07, 6.45) is -3.96. The van der Waals surface area contributed by atoms with Crippen LogP contribution in [0.15, 0.2) is 89.8 Å². The van der Waals surface area contributed by atoms with Crippen LogP contribution in [0.3, 0.4) is 0 Å². The molecule has 0 radical (unpaired) electrons. The summed E-state index contributed by atoms with van der Waals surface area (Å²) in [5, 5.41) is 0. The zero-order chi connectivity index (χ0) is 28.8. The molecule has 41 heavy (non-hydrogen) atoms. The van der Waals surface area contributed by atoms with Gasteiger partial charge in [0, 0.05) is 16.9 Å². The highest BCUT2D eigenvalue weighted by Gasteiger charge is 2.54. The van der Waals surface area contributed by atoms with Crippen molar-refractivity contribution in [3.63, 3.8) is 0 Å². The molecule has 2 aliphatic rings. The number of hydrogen-bond acceptors (Lipinski definition) is 8. The molecule has 2 aliphatic heterocycles. The van der Waals surface area contributed by atoms with E-state index in [0.717, 1.165) is 16.7 Å². The zero-order valence-electron chi connectivity index (χ0n) is 23.0. The second kappa shape index (κ2) is 13.6. The maximum atomic E-state index is 14.0. The van der Waals surface area contributed by atoms with Gasteiger partial charge in [0.15, 0.2) is 17.8 Å². The number of aryl methyl sites for hydroxylation is 1. The van der Waals surface area contributed by atoms with Gasteiger partial charge in [-0.1, -0.05) is 78.4 Å². The fourth-order valence-electron chi connectivity index (χ4n) is 4.88. The molecular formula is C32H34O8S. The Labute approximate surface area is 242 Å². The monoisotopic (exact) mass is 578 g/mol. The van der Waals surface area contributed by atoms with Gasteiger partial charge in [0.05, 0.1) is 30.4 Å². The van der Waals surface area contributed by atoms with Crippen LogP contribution in [-0.2, 0) is 50.7 Å². The molecule has 0 amide bonds. The smallest absolute Gasteiger partial charge is 0.306 e. The van der Waals surface area contributed by atoms with Crippen LogP contribution in [0, 0.1) is 6.92 Å². The second-order valence-corrected chi connectivity index (χ2v) is 11.8. The van der Waals surface area contributed by atoms with E-state index in [-0.39, 0.29) is 31.8 Å². The number of carbonyl (C=O) groups excluding carboxylic acids is 2. The first-order chi connectivity index (χ1) is 19.9. The topological polar surface area (TPSA) is 97.4 Å². The van der Waals surface area contributed by atoms with Gasteiger partial charge in [-0.15, -0.1) is 0 Å². The van der Waals surface area contributed by atoms with Crippen LogP contribution in [-0.4, -0.2) is 52.4 Å². The average molecular weight is 579 g/mol. The van der Waals surface area contributed by atoms with Gasteiger partial charge in [-0.2, -0.15) is 0 Å². The van der Waals surface area contributed by atoms with E-state index in [4.69, 9.17) is 23.7 Å². The Morgan fingerprint density at radius 3 is 2.24 bits per heavy atom. The number of carbonyl (C=O) groups is 2. The normalized spacial score (nSPS) is 26.5. The SMILES string of the molecule is CC(=O)CCC(=O)O[C@@H]1[C@@H](OCc2ccccc2)[C@H]2O[C@@H](c3ccccc3)OC[C@H]2O[C@H]1S(=O)c1ccc(C)cc1. The summed E-state index contributed by atoms with van der Waals surface area (Å²) in [5.41, 5.74) is 1.71. The van der Waals surface area contributed by atoms with Crippen LogP contribution in [0.5, 0.6) is 0 Å². The molecule has 2 fully saturated rings. The van der Waals surface area contributed by atoms with Crippen LogP contribution in [0.25, 0.3) is 0 Å². The van der Waals surface area contributed by atoms with Crippen LogP contribution in [0.1, 0.15) is 42.7 Å². The molecule has 216 valence electrons. The molecule has 3 aromatic carbocycles. The van der Waals surface area contributed by atoms with Crippen molar-refractivity contribution in [2.24, 2.45) is 0 Å². The van der Waals surface area contributed by atoms with Crippen molar-refractivity contribution in [3.05, 3.63) is 102 Å². The number of rotatable bonds is 10. The summed E-state index contributed by atoms with van der Waals surface area (Å²) in [4.78, 5) is 25.1. The number of benzene rings is 3. The van der Waals surface area contributed by atoms with Crippen molar-refractivity contribution in [1.29, 1.82) is 0 Å². The van der Waals surface area contributed by atoms with E-state index < -0.39 is 52.9 Å². The Morgan fingerprint density at radius 2 is 1.56 bits per heavy atom. The fraction of sp³-hybridized carbons (Fsp3) is 0.375. The summed E-state index contributed by atoms with van der Waals surface area (Å²) in [6.45, 7) is 3.74. The molecule has 0 spiro atoms. The maximum absolute atomic E-state index is 14.0. The number of Topliss-reactive ketones (excluding diaryl/α,β-unsaturated/α-hetero) is 1. The van der Waals surface area contributed by atoms with Crippen molar-refractivity contribution in [1.82, 2.24) is 0 Å². The lowest BCUT2D eigenvalue weighted by atomic mass is 9.98. The number of fused-ring (bicyclic) bond motifs is 1. The zero-order valence-corrected chi connectivity index (χ0v) is 23.9. The molecule has 9 heteroatoms. The van der Waals surface area contributed by atoms with E-state index in [1.54, 1.807) is 12.1 Å². The van der Waals surface area contributed by atoms with Crippen LogP contribution >= 0.6 is 0 Å². The Morgan fingerprint density at radius 1 is 0.878 bits per heavy atom. The van der Waals surface area contributed by atoms with Crippen LogP contribution < -0.4 is 0 Å². The summed E-state index contributed by atoms with van der Waals surface area (Å²) < 4.78 is 45.2. The predicted octanol–water partition coefficient (Wildman–Crippen LogP) is 4.81. The van der Waals surface area contributed by atoms with Crippen molar-refractivity contribution < 1.29 is 37.5 Å². The molecule has 8 nitrogen and oxygen atoms in total. The van der Waals surface area contributed by atoms with E-state index in [1.807, 2.05) is 79.7 Å². The van der Waals surface area contributed by atoms with Crippen molar-refractivity contribution in [3.8, 4) is 0 Å². The lowest BCUT2D eigenvalue weighted by molar-refractivity contribution is -0.326. The van der Waals surface area contributed by atoms with Gasteiger partial charge in [0.25, 0.3) is 0 Å². The lowest BCUT2D eigenvalue weighted by Gasteiger charge is -2.48. The molecule has 3 aromatic rings. The quantitative estimate of drug-likeness (QED) is 0.316. The standard InChI is InChI=1S/C32H34O8S/c1-21-13-16-25(17-14-21)41(35)32-30(39-27(34)18-15-22(2)33)29(36-19-23-9-5-3-6-10-23)28-26(38-32)20-37-31(40-28)24-11-7-4-8-12-24/h3-14,16-17,26,28-32H,15,18-20H2,1-2H3/t26-,28+,29+,30-,31+,32+,41?/m1/s1. The Bertz CT molecular complexity index is 1330. The van der Waals surface area contributed by atoms with E-state index in [1.165, 1.54) is 6.92 Å². The first kappa shape index (κ1) is 29.3. The fourth-order valence-corrected chi connectivity index (χ4v) is 6.25. The summed E-state index contributed by atoms with van der Waals surface area (Å²) in [5.74, 6) is -0.727. The summed E-state index contributed by atoms with van der Waals surface area (Å²) in [7, 11) is -1.72. The van der Waals surface area contributed by atoms with E-state index in [9.17, 15) is 13.8 Å². The summed E-state index contributed by atoms with van der Waals surface area (Å²) in [6, 6.07) is 26.4. The van der Waals surface area contributed by atoms with E-state index in [0.29, 0.717) is 4.90 Å². The first-order valence-corrected chi connectivity index (χ1v) is 14.9. The van der Waals surface area contributed by atoms with Gasteiger partial charge in [0.2, 0.25) is 0 Å². The molecule has 0 aliphatic carbocycles. The Balaban J connectivity index is 1.48. The average Bonchev–Trinajstić information content (AvgIpc) is 3.00. The van der Waals surface area contributed by atoms with E-state index >= 15 is 0 Å². The molecule has 0 N–H and O–H groups in total. The maximum Gasteiger partial charge on any atom is 0.306 e. The first-order valence-electron chi connectivity index (χ1n) is 13.7. The van der Waals surface area contributed by atoms with E-state index in [2.05, 4.69) is 0 Å². The van der Waals surface area contributed by atoms with Gasteiger partial charge < -0.3 is 28.5 Å². The second-order valence-electron chi connectivity index (χ2n) is 10.2. The molecule has 2 saturated heterocycles. The van der Waals surface area contributed by atoms with Gasteiger partial charge >= 0.3 is 5.97 Å².